The van der Waals surface area contributed by atoms with Crippen LogP contribution in [-0.2, 0) is 17.1 Å². The molecule has 0 saturated carbocycles. The van der Waals surface area contributed by atoms with Crippen LogP contribution in [0.4, 0.5) is 5.95 Å². The molecular formula is C19H24N4O5S. The molecule has 1 atom stereocenters. The van der Waals surface area contributed by atoms with Gasteiger partial charge in [-0.05, 0) is 24.8 Å². The summed E-state index contributed by atoms with van der Waals surface area (Å²) in [5.74, 6) is -1.79. The highest BCUT2D eigenvalue weighted by atomic mass is 32.2. The van der Waals surface area contributed by atoms with Gasteiger partial charge >= 0.3 is 0 Å². The first kappa shape index (κ1) is 20.8. The number of aromatic hydroxyl groups is 1. The van der Waals surface area contributed by atoms with E-state index < -0.39 is 32.9 Å². The van der Waals surface area contributed by atoms with E-state index in [-0.39, 0.29) is 24.3 Å². The van der Waals surface area contributed by atoms with Crippen LogP contribution in [0.1, 0.15) is 48.3 Å². The number of nitrogens with one attached hydrogen (secondary N) is 1. The molecule has 2 aromatic rings. The molecule has 0 bridgehead atoms. The molecular weight excluding hydrogens is 396 g/mol. The fraction of sp³-hybridized carbons (Fsp3) is 0.421. The maximum absolute atomic E-state index is 12.8. The first-order chi connectivity index (χ1) is 13.8. The Morgan fingerprint density at radius 2 is 1.97 bits per heavy atom. The highest BCUT2D eigenvalue weighted by Crippen LogP contribution is 2.23. The summed E-state index contributed by atoms with van der Waals surface area (Å²) in [6.45, 7) is 2.05. The monoisotopic (exact) mass is 420 g/mol. The second-order valence-electron chi connectivity index (χ2n) is 6.91. The number of anilines is 1. The minimum absolute atomic E-state index is 0.0583. The van der Waals surface area contributed by atoms with Crippen molar-refractivity contribution in [1.29, 1.82) is 0 Å². The highest BCUT2D eigenvalue weighted by Gasteiger charge is 2.31. The molecule has 1 fully saturated rings. The van der Waals surface area contributed by atoms with E-state index in [1.165, 1.54) is 7.05 Å². The van der Waals surface area contributed by atoms with Crippen molar-refractivity contribution < 1.29 is 18.3 Å². The minimum Gasteiger partial charge on any atom is -0.501 e. The number of aromatic nitrogens is 2. The molecule has 3 rings (SSSR count). The number of hydrogen-bond donors (Lipinski definition) is 2. The molecule has 1 aliphatic heterocycles. The van der Waals surface area contributed by atoms with Crippen LogP contribution in [0.2, 0.25) is 0 Å². The van der Waals surface area contributed by atoms with Crippen molar-refractivity contribution in [3.63, 3.8) is 0 Å². The molecule has 2 heterocycles. The lowest BCUT2D eigenvalue weighted by Gasteiger charge is -2.28. The van der Waals surface area contributed by atoms with E-state index in [1.807, 2.05) is 37.3 Å². The number of nitrogens with zero attached hydrogens (tertiary/aromatic N) is 3. The summed E-state index contributed by atoms with van der Waals surface area (Å²) >= 11 is 0. The summed E-state index contributed by atoms with van der Waals surface area (Å²) in [6.07, 6.45) is 1.71. The molecule has 0 radical (unpaired) electrons. The first-order valence-electron chi connectivity index (χ1n) is 9.42. The van der Waals surface area contributed by atoms with E-state index in [2.05, 4.69) is 10.3 Å². The Morgan fingerprint density at radius 1 is 1.28 bits per heavy atom. The number of benzene rings is 1. The quantitative estimate of drug-likeness (QED) is 0.752. The third kappa shape index (κ3) is 4.12. The molecule has 9 nitrogen and oxygen atoms in total. The van der Waals surface area contributed by atoms with Gasteiger partial charge in [-0.25, -0.2) is 17.7 Å². The van der Waals surface area contributed by atoms with Gasteiger partial charge in [0.1, 0.15) is 0 Å². The van der Waals surface area contributed by atoms with Crippen LogP contribution in [0.5, 0.6) is 5.75 Å². The van der Waals surface area contributed by atoms with Crippen LogP contribution in [-0.4, -0.2) is 41.3 Å². The Labute approximate surface area is 169 Å². The lowest BCUT2D eigenvalue weighted by atomic mass is 10.0. The van der Waals surface area contributed by atoms with Crippen LogP contribution in [0.15, 0.2) is 35.1 Å². The SMILES string of the molecule is CCC(NC(=O)c1nc(N2CCCCS2(=O)=O)n(C)c(=O)c1O)c1ccccc1. The summed E-state index contributed by atoms with van der Waals surface area (Å²) in [7, 11) is -2.33. The smallest absolute Gasteiger partial charge is 0.297 e. The van der Waals surface area contributed by atoms with Gasteiger partial charge in [-0.15, -0.1) is 0 Å². The largest absolute Gasteiger partial charge is 0.501 e. The Hall–Kier alpha value is -2.88. The Kier molecular flexibility index (Phi) is 5.92. The van der Waals surface area contributed by atoms with Crippen molar-refractivity contribution in [2.45, 2.75) is 32.2 Å². The lowest BCUT2D eigenvalue weighted by molar-refractivity contribution is 0.0927. The summed E-state index contributed by atoms with van der Waals surface area (Å²) in [6, 6.07) is 8.91. The van der Waals surface area contributed by atoms with Gasteiger partial charge < -0.3 is 10.4 Å². The van der Waals surface area contributed by atoms with Crippen molar-refractivity contribution in [1.82, 2.24) is 14.9 Å². The average Bonchev–Trinajstić information content (AvgIpc) is 2.71. The number of carbonyl (C=O) groups is 1. The molecule has 156 valence electrons. The van der Waals surface area contributed by atoms with Crippen molar-refractivity contribution in [2.24, 2.45) is 7.05 Å². The van der Waals surface area contributed by atoms with Crippen LogP contribution in [0, 0.1) is 0 Å². The molecule has 10 heteroatoms. The maximum Gasteiger partial charge on any atom is 0.297 e. The van der Waals surface area contributed by atoms with Crippen molar-refractivity contribution >= 4 is 21.9 Å². The summed E-state index contributed by atoms with van der Waals surface area (Å²) in [5, 5.41) is 13.0. The number of amides is 1. The lowest BCUT2D eigenvalue weighted by Crippen LogP contribution is -2.42. The van der Waals surface area contributed by atoms with Gasteiger partial charge in [-0.3, -0.25) is 14.2 Å². The Balaban J connectivity index is 2.00. The summed E-state index contributed by atoms with van der Waals surface area (Å²) < 4.78 is 26.8. The normalized spacial score (nSPS) is 17.0. The molecule has 2 N–H and O–H groups in total. The van der Waals surface area contributed by atoms with Gasteiger partial charge in [0.2, 0.25) is 21.7 Å². The number of hydrogen-bond acceptors (Lipinski definition) is 6. The van der Waals surface area contributed by atoms with E-state index in [0.717, 1.165) is 14.4 Å². The molecule has 1 aromatic heterocycles. The molecule has 0 spiro atoms. The van der Waals surface area contributed by atoms with Crippen molar-refractivity contribution in [3.8, 4) is 5.75 Å². The molecule has 1 aromatic carbocycles. The third-order valence-electron chi connectivity index (χ3n) is 4.95. The number of rotatable bonds is 5. The second kappa shape index (κ2) is 8.24. The van der Waals surface area contributed by atoms with E-state index in [0.29, 0.717) is 19.3 Å². The summed E-state index contributed by atoms with van der Waals surface area (Å²) in [4.78, 5) is 29.4. The standard InChI is InChI=1S/C19H24N4O5S/c1-3-14(13-9-5-4-6-10-13)20-17(25)15-16(24)18(26)22(2)19(21-15)23-11-7-8-12-29(23,27)28/h4-6,9-10,14,24H,3,7-8,11-12H2,1-2H3,(H,20,25). The zero-order chi connectivity index (χ0) is 21.2. The number of carbonyl (C=O) groups excluding carboxylic acids is 1. The summed E-state index contributed by atoms with van der Waals surface area (Å²) in [5.41, 5.74) is -0.502. The van der Waals surface area contributed by atoms with Gasteiger partial charge in [-0.1, -0.05) is 37.3 Å². The van der Waals surface area contributed by atoms with E-state index in [1.54, 1.807) is 0 Å². The fourth-order valence-corrected chi connectivity index (χ4v) is 4.92. The molecule has 1 amide bonds. The highest BCUT2D eigenvalue weighted by molar-refractivity contribution is 7.92. The molecule has 1 unspecified atom stereocenters. The van der Waals surface area contributed by atoms with E-state index in [4.69, 9.17) is 0 Å². The predicted octanol–water partition coefficient (Wildman–Crippen LogP) is 1.30. The fourth-order valence-electron chi connectivity index (χ4n) is 3.31. The van der Waals surface area contributed by atoms with Crippen LogP contribution >= 0.6 is 0 Å². The topological polar surface area (TPSA) is 122 Å². The van der Waals surface area contributed by atoms with Crippen LogP contribution in [0.3, 0.4) is 0 Å². The van der Waals surface area contributed by atoms with Gasteiger partial charge in [0.15, 0.2) is 5.69 Å². The average molecular weight is 420 g/mol. The second-order valence-corrected chi connectivity index (χ2v) is 8.93. The minimum atomic E-state index is -3.64. The van der Waals surface area contributed by atoms with Crippen LogP contribution in [0.25, 0.3) is 0 Å². The Bertz CT molecular complexity index is 1070. The van der Waals surface area contributed by atoms with E-state index in [9.17, 15) is 23.1 Å². The zero-order valence-electron chi connectivity index (χ0n) is 16.3. The van der Waals surface area contributed by atoms with Gasteiger partial charge in [-0.2, -0.15) is 0 Å². The van der Waals surface area contributed by atoms with Gasteiger partial charge in [0, 0.05) is 13.6 Å². The number of sulfonamides is 1. The molecule has 1 saturated heterocycles. The molecule has 1 aliphatic rings. The van der Waals surface area contributed by atoms with E-state index >= 15 is 0 Å². The maximum atomic E-state index is 12.8. The van der Waals surface area contributed by atoms with Crippen molar-refractivity contribution in [2.75, 3.05) is 16.6 Å². The third-order valence-corrected chi connectivity index (χ3v) is 6.77. The van der Waals surface area contributed by atoms with Crippen LogP contribution < -0.4 is 15.2 Å². The Morgan fingerprint density at radius 3 is 2.59 bits per heavy atom. The predicted molar refractivity (Wildman–Crippen MR) is 108 cm³/mol. The van der Waals surface area contributed by atoms with Gasteiger partial charge in [0.25, 0.3) is 11.5 Å². The zero-order valence-corrected chi connectivity index (χ0v) is 17.1. The van der Waals surface area contributed by atoms with Crippen molar-refractivity contribution in [3.05, 3.63) is 51.9 Å². The molecule has 0 aliphatic carbocycles. The first-order valence-corrected chi connectivity index (χ1v) is 11.0. The molecule has 29 heavy (non-hydrogen) atoms. The van der Waals surface area contributed by atoms with Gasteiger partial charge in [0.05, 0.1) is 11.8 Å².